The van der Waals surface area contributed by atoms with Gasteiger partial charge in [0.05, 0.1) is 19.3 Å². The van der Waals surface area contributed by atoms with Crippen molar-refractivity contribution in [2.24, 2.45) is 0 Å². The van der Waals surface area contributed by atoms with Gasteiger partial charge in [0, 0.05) is 0 Å². The molecule has 1 aromatic carbocycles. The lowest BCUT2D eigenvalue weighted by Gasteiger charge is -2.12. The first kappa shape index (κ1) is 13.9. The molecule has 0 saturated carbocycles. The highest BCUT2D eigenvalue weighted by Crippen LogP contribution is 2.28. The minimum atomic E-state index is -3.18. The van der Waals surface area contributed by atoms with Crippen LogP contribution in [0.4, 0.5) is 8.78 Å². The molecule has 0 unspecified atom stereocenters. The average molecular weight is 257 g/mol. The van der Waals surface area contributed by atoms with Crippen LogP contribution in [0.2, 0.25) is 0 Å². The molecule has 0 aliphatic heterocycles. The molecule has 0 atom stereocenters. The number of ether oxygens (including phenoxy) is 2. The summed E-state index contributed by atoms with van der Waals surface area (Å²) in [4.78, 5) is 11.4. The molecule has 0 fully saturated rings. The third-order valence-electron chi connectivity index (χ3n) is 2.06. The molecule has 1 N–H and O–H groups in total. The van der Waals surface area contributed by atoms with Gasteiger partial charge in [0.25, 0.3) is 0 Å². The third kappa shape index (κ3) is 2.93. The van der Waals surface area contributed by atoms with Crippen LogP contribution in [0.1, 0.15) is 21.5 Å². The summed E-state index contributed by atoms with van der Waals surface area (Å²) in [5.74, 6) is -1.49. The van der Waals surface area contributed by atoms with E-state index in [9.17, 15) is 13.6 Å². The van der Waals surface area contributed by atoms with Gasteiger partial charge in [-0.3, -0.25) is 0 Å². The van der Waals surface area contributed by atoms with Crippen LogP contribution in [0.25, 0.3) is 0 Å². The van der Waals surface area contributed by atoms with E-state index in [4.69, 9.17) is 10.4 Å². The number of aliphatic hydroxyl groups is 1. The third-order valence-corrected chi connectivity index (χ3v) is 2.06. The maximum atomic E-state index is 12.2. The first-order chi connectivity index (χ1) is 8.53. The number of nitriles is 1. The van der Waals surface area contributed by atoms with E-state index in [0.717, 1.165) is 19.2 Å². The molecule has 0 bridgehead atoms. The Labute approximate surface area is 101 Å². The summed E-state index contributed by atoms with van der Waals surface area (Å²) >= 11 is 0. The largest absolute Gasteiger partial charge is 0.465 e. The van der Waals surface area contributed by atoms with E-state index < -0.39 is 24.9 Å². The second kappa shape index (κ2) is 5.93. The molecule has 96 valence electrons. The van der Waals surface area contributed by atoms with E-state index >= 15 is 0 Å². The first-order valence-electron chi connectivity index (χ1n) is 4.74. The highest BCUT2D eigenvalue weighted by atomic mass is 19.3. The smallest absolute Gasteiger partial charge is 0.387 e. The molecule has 18 heavy (non-hydrogen) atoms. The van der Waals surface area contributed by atoms with Gasteiger partial charge >= 0.3 is 12.6 Å². The number of carbonyl (C=O) groups is 1. The van der Waals surface area contributed by atoms with Crippen molar-refractivity contribution >= 4 is 5.97 Å². The van der Waals surface area contributed by atoms with Gasteiger partial charge in [0.15, 0.2) is 5.75 Å². The Morgan fingerprint density at radius 2 is 2.22 bits per heavy atom. The van der Waals surface area contributed by atoms with Gasteiger partial charge in [-0.15, -0.1) is 0 Å². The molecule has 0 radical (unpaired) electrons. The number of hydrogen-bond donors (Lipinski definition) is 1. The van der Waals surface area contributed by atoms with Crippen molar-refractivity contribution in [2.75, 3.05) is 7.11 Å². The Bertz CT molecular complexity index is 497. The lowest BCUT2D eigenvalue weighted by molar-refractivity contribution is -0.0506. The second-order valence-electron chi connectivity index (χ2n) is 3.16. The summed E-state index contributed by atoms with van der Waals surface area (Å²) in [6.07, 6.45) is 0. The Morgan fingerprint density at radius 3 is 2.67 bits per heavy atom. The molecule has 0 aliphatic rings. The number of nitrogens with zero attached hydrogens (tertiary/aromatic N) is 1. The molecule has 0 aromatic heterocycles. The summed E-state index contributed by atoms with van der Waals surface area (Å²) in [5.41, 5.74) is -0.392. The Morgan fingerprint density at radius 1 is 1.56 bits per heavy atom. The van der Waals surface area contributed by atoms with E-state index in [1.807, 2.05) is 0 Å². The Kier molecular flexibility index (Phi) is 4.57. The number of aliphatic hydroxyl groups excluding tert-OH is 1. The highest BCUT2D eigenvalue weighted by molar-refractivity contribution is 5.93. The Balaban J connectivity index is 3.43. The molecule has 0 amide bonds. The number of rotatable bonds is 4. The SMILES string of the molecule is COC(=O)c1cc(CO)cc(C#N)c1OC(F)F. The number of alkyl halides is 2. The first-order valence-corrected chi connectivity index (χ1v) is 4.74. The van der Waals surface area contributed by atoms with E-state index in [1.54, 1.807) is 6.07 Å². The lowest BCUT2D eigenvalue weighted by atomic mass is 10.0. The van der Waals surface area contributed by atoms with Gasteiger partial charge in [0.1, 0.15) is 11.6 Å². The number of esters is 1. The molecular weight excluding hydrogens is 248 g/mol. The van der Waals surface area contributed by atoms with Gasteiger partial charge in [0.2, 0.25) is 0 Å². The summed E-state index contributed by atoms with van der Waals surface area (Å²) in [6.45, 7) is -3.63. The number of hydrogen-bond acceptors (Lipinski definition) is 5. The fraction of sp³-hybridized carbons (Fsp3) is 0.273. The van der Waals surface area contributed by atoms with Gasteiger partial charge < -0.3 is 14.6 Å². The standard InChI is InChI=1S/C11H9F2NO4/c1-17-10(16)8-3-6(5-15)2-7(4-14)9(8)18-11(12)13/h2-3,11,15H,5H2,1H3. The molecule has 0 aliphatic carbocycles. The van der Waals surface area contributed by atoms with E-state index in [1.165, 1.54) is 0 Å². The van der Waals surface area contributed by atoms with Crippen molar-refractivity contribution in [3.8, 4) is 11.8 Å². The number of carbonyl (C=O) groups excluding carboxylic acids is 1. The number of benzene rings is 1. The minimum Gasteiger partial charge on any atom is -0.465 e. The maximum Gasteiger partial charge on any atom is 0.387 e. The molecule has 1 aromatic rings. The Hall–Kier alpha value is -2.20. The minimum absolute atomic E-state index is 0.216. The monoisotopic (exact) mass is 257 g/mol. The molecule has 1 rings (SSSR count). The zero-order valence-corrected chi connectivity index (χ0v) is 9.31. The number of halogens is 2. The highest BCUT2D eigenvalue weighted by Gasteiger charge is 2.21. The van der Waals surface area contributed by atoms with Crippen molar-refractivity contribution in [1.29, 1.82) is 5.26 Å². The van der Waals surface area contributed by atoms with Crippen LogP contribution in [-0.2, 0) is 11.3 Å². The maximum absolute atomic E-state index is 12.2. The zero-order valence-electron chi connectivity index (χ0n) is 9.31. The van der Waals surface area contributed by atoms with E-state index in [0.29, 0.717) is 0 Å². The molecule has 0 spiro atoms. The molecular formula is C11H9F2NO4. The van der Waals surface area contributed by atoms with Gasteiger partial charge in [-0.1, -0.05) is 0 Å². The predicted octanol–water partition coefficient (Wildman–Crippen LogP) is 1.44. The fourth-order valence-electron chi connectivity index (χ4n) is 1.34. The molecule has 7 heteroatoms. The average Bonchev–Trinajstić information content (AvgIpc) is 2.37. The van der Waals surface area contributed by atoms with Crippen molar-refractivity contribution in [1.82, 2.24) is 0 Å². The summed E-state index contributed by atoms with van der Waals surface area (Å²) < 4.78 is 33.0. The van der Waals surface area contributed by atoms with Crippen LogP contribution in [0.3, 0.4) is 0 Å². The summed E-state index contributed by atoms with van der Waals surface area (Å²) in [5, 5.41) is 17.8. The van der Waals surface area contributed by atoms with Crippen LogP contribution in [0.5, 0.6) is 5.75 Å². The summed E-state index contributed by atoms with van der Waals surface area (Å²) in [6, 6.07) is 3.90. The quantitative estimate of drug-likeness (QED) is 0.825. The topological polar surface area (TPSA) is 79.5 Å². The van der Waals surface area contributed by atoms with Gasteiger partial charge in [-0.05, 0) is 17.7 Å². The lowest BCUT2D eigenvalue weighted by Crippen LogP contribution is -2.11. The van der Waals surface area contributed by atoms with Gasteiger partial charge in [-0.2, -0.15) is 14.0 Å². The molecule has 0 heterocycles. The fourth-order valence-corrected chi connectivity index (χ4v) is 1.34. The van der Waals surface area contributed by atoms with Crippen LogP contribution in [0, 0.1) is 11.3 Å². The van der Waals surface area contributed by atoms with E-state index in [-0.39, 0.29) is 16.7 Å². The normalized spacial score (nSPS) is 10.0. The number of methoxy groups -OCH3 is 1. The van der Waals surface area contributed by atoms with Crippen molar-refractivity contribution in [3.05, 3.63) is 28.8 Å². The second-order valence-corrected chi connectivity index (χ2v) is 3.16. The summed E-state index contributed by atoms with van der Waals surface area (Å²) in [7, 11) is 1.06. The molecule has 0 saturated heterocycles. The van der Waals surface area contributed by atoms with Crippen LogP contribution in [0.15, 0.2) is 12.1 Å². The van der Waals surface area contributed by atoms with Crippen LogP contribution >= 0.6 is 0 Å². The van der Waals surface area contributed by atoms with Crippen LogP contribution in [-0.4, -0.2) is 24.8 Å². The van der Waals surface area contributed by atoms with E-state index in [2.05, 4.69) is 9.47 Å². The van der Waals surface area contributed by atoms with Gasteiger partial charge in [-0.25, -0.2) is 4.79 Å². The van der Waals surface area contributed by atoms with Crippen molar-refractivity contribution in [3.63, 3.8) is 0 Å². The van der Waals surface area contributed by atoms with Crippen molar-refractivity contribution in [2.45, 2.75) is 13.2 Å². The molecule has 5 nitrogen and oxygen atoms in total. The van der Waals surface area contributed by atoms with Crippen LogP contribution < -0.4 is 4.74 Å². The zero-order chi connectivity index (χ0) is 13.7. The van der Waals surface area contributed by atoms with Crippen molar-refractivity contribution < 1.29 is 28.2 Å². The predicted molar refractivity (Wildman–Crippen MR) is 55.1 cm³/mol.